The van der Waals surface area contributed by atoms with Gasteiger partial charge < -0.3 is 19.9 Å². The summed E-state index contributed by atoms with van der Waals surface area (Å²) in [5, 5.41) is 4.47. The fourth-order valence-corrected chi connectivity index (χ4v) is 5.07. The molecular weight excluding hydrogens is 446 g/mol. The Labute approximate surface area is 212 Å². The number of H-pyrrole nitrogens is 1. The highest BCUT2D eigenvalue weighted by atomic mass is 16.5. The summed E-state index contributed by atoms with van der Waals surface area (Å²) in [6.45, 7) is 8.92. The molecule has 4 aromatic rings. The Morgan fingerprint density at radius 1 is 0.944 bits per heavy atom. The number of fused-ring (bicyclic) bond motifs is 3. The molecule has 0 unspecified atom stereocenters. The fraction of sp³-hybridized carbons (Fsp3) is 0.258. The molecule has 0 saturated carbocycles. The Kier molecular flexibility index (Phi) is 6.55. The average Bonchev–Trinajstić information content (AvgIpc) is 3.21. The van der Waals surface area contributed by atoms with E-state index in [0.717, 1.165) is 47.5 Å². The van der Waals surface area contributed by atoms with E-state index in [-0.39, 0.29) is 11.4 Å². The average molecular weight is 480 g/mol. The number of hydrogen-bond donors (Lipinski definition) is 2. The number of ether oxygens (including phenoxy) is 1. The first kappa shape index (κ1) is 23.7. The minimum absolute atomic E-state index is 0.194. The van der Waals surface area contributed by atoms with Crippen molar-refractivity contribution in [3.63, 3.8) is 0 Å². The van der Waals surface area contributed by atoms with E-state index in [2.05, 4.69) is 108 Å². The molecule has 0 aliphatic carbocycles. The van der Waals surface area contributed by atoms with Crippen LogP contribution >= 0.6 is 0 Å². The van der Waals surface area contributed by atoms with Crippen LogP contribution in [0.4, 0.5) is 5.69 Å². The number of benzene rings is 3. The zero-order valence-electron chi connectivity index (χ0n) is 21.2. The molecule has 5 nitrogen and oxygen atoms in total. The molecule has 0 bridgehead atoms. The van der Waals surface area contributed by atoms with Gasteiger partial charge in [0.05, 0.1) is 17.9 Å². The molecule has 5 rings (SSSR count). The van der Waals surface area contributed by atoms with E-state index in [0.29, 0.717) is 12.2 Å². The zero-order chi connectivity index (χ0) is 25.1. The zero-order valence-corrected chi connectivity index (χ0v) is 21.2. The Morgan fingerprint density at radius 2 is 1.58 bits per heavy atom. The van der Waals surface area contributed by atoms with Gasteiger partial charge >= 0.3 is 5.97 Å². The first-order valence-electron chi connectivity index (χ1n) is 12.6. The van der Waals surface area contributed by atoms with E-state index in [1.165, 1.54) is 11.1 Å². The van der Waals surface area contributed by atoms with Crippen LogP contribution in [0, 0.1) is 0 Å². The predicted molar refractivity (Wildman–Crippen MR) is 147 cm³/mol. The molecule has 0 amide bonds. The number of nitrogens with zero attached hydrogens (tertiary/aromatic N) is 1. The van der Waals surface area contributed by atoms with Gasteiger partial charge in [-0.2, -0.15) is 0 Å². The number of carbonyl (C=O) groups is 1. The van der Waals surface area contributed by atoms with E-state index in [4.69, 9.17) is 4.74 Å². The first-order valence-corrected chi connectivity index (χ1v) is 12.6. The first-order chi connectivity index (χ1) is 17.5. The number of carbonyl (C=O) groups excluding carboxylic acids is 1. The maximum Gasteiger partial charge on any atom is 0.341 e. The van der Waals surface area contributed by atoms with E-state index >= 15 is 0 Å². The smallest absolute Gasteiger partial charge is 0.341 e. The summed E-state index contributed by atoms with van der Waals surface area (Å²) < 4.78 is 5.38. The molecule has 5 heteroatoms. The topological polar surface area (TPSA) is 57.4 Å². The highest BCUT2D eigenvalue weighted by Crippen LogP contribution is 2.40. The second-order valence-corrected chi connectivity index (χ2v) is 9.98. The van der Waals surface area contributed by atoms with Crippen molar-refractivity contribution in [2.24, 2.45) is 0 Å². The minimum Gasteiger partial charge on any atom is -0.462 e. The summed E-state index contributed by atoms with van der Waals surface area (Å²) in [7, 11) is 0. The number of rotatable bonds is 7. The Bertz CT molecular complexity index is 1350. The molecule has 36 heavy (non-hydrogen) atoms. The number of hydrogen-bond acceptors (Lipinski definition) is 4. The van der Waals surface area contributed by atoms with Crippen LogP contribution in [0.25, 0.3) is 16.5 Å². The van der Waals surface area contributed by atoms with Crippen molar-refractivity contribution >= 4 is 28.1 Å². The Hall–Kier alpha value is -3.99. The molecule has 0 radical (unpaired) electrons. The molecule has 3 aromatic carbocycles. The third-order valence-electron chi connectivity index (χ3n) is 6.81. The van der Waals surface area contributed by atoms with Gasteiger partial charge in [-0.15, -0.1) is 0 Å². The molecular formula is C31H33N3O2. The molecule has 1 aliphatic rings. The quantitative estimate of drug-likeness (QED) is 0.312. The molecule has 0 saturated heterocycles. The van der Waals surface area contributed by atoms with Crippen LogP contribution in [0.15, 0.2) is 85.1 Å². The molecule has 2 heterocycles. The van der Waals surface area contributed by atoms with Gasteiger partial charge in [-0.25, -0.2) is 4.79 Å². The van der Waals surface area contributed by atoms with Crippen LogP contribution in [-0.2, 0) is 28.0 Å². The van der Waals surface area contributed by atoms with Crippen molar-refractivity contribution in [2.75, 3.05) is 18.1 Å². The summed E-state index contributed by atoms with van der Waals surface area (Å²) in [6.07, 6.45) is 1.79. The molecule has 2 N–H and O–H groups in total. The van der Waals surface area contributed by atoms with Crippen LogP contribution in [0.3, 0.4) is 0 Å². The van der Waals surface area contributed by atoms with Gasteiger partial charge in [0.2, 0.25) is 0 Å². The third-order valence-corrected chi connectivity index (χ3v) is 6.81. The van der Waals surface area contributed by atoms with Gasteiger partial charge in [0.25, 0.3) is 0 Å². The molecule has 0 atom stereocenters. The van der Waals surface area contributed by atoms with Crippen LogP contribution in [0.1, 0.15) is 43.2 Å². The highest BCUT2D eigenvalue weighted by Gasteiger charge is 2.33. The van der Waals surface area contributed by atoms with Crippen molar-refractivity contribution in [3.05, 3.63) is 107 Å². The standard InChI is InChI=1S/C31H33N3O2/c1-4-36-30(35)26-18-32-21-31(2,3)28-25-17-24(15-16-27(25)33-29(26)28)34(19-22-11-7-5-8-12-22)20-23-13-9-6-10-14-23/h5-18,32-33H,4,19-21H2,1-3H3. The summed E-state index contributed by atoms with van der Waals surface area (Å²) in [6, 6.07) is 27.7. The number of nitrogens with one attached hydrogen (secondary N) is 2. The van der Waals surface area contributed by atoms with E-state index in [1.807, 2.05) is 6.92 Å². The third kappa shape index (κ3) is 4.74. The van der Waals surface area contributed by atoms with E-state index in [1.54, 1.807) is 6.20 Å². The normalized spacial score (nSPS) is 14.4. The van der Waals surface area contributed by atoms with Gasteiger partial charge in [-0.3, -0.25) is 0 Å². The second-order valence-electron chi connectivity index (χ2n) is 9.98. The highest BCUT2D eigenvalue weighted by molar-refractivity contribution is 6.18. The predicted octanol–water partition coefficient (Wildman–Crippen LogP) is 6.16. The number of aromatic amines is 1. The van der Waals surface area contributed by atoms with E-state index < -0.39 is 0 Å². The summed E-state index contributed by atoms with van der Waals surface area (Å²) >= 11 is 0. The maximum atomic E-state index is 12.8. The van der Waals surface area contributed by atoms with Crippen LogP contribution in [0.2, 0.25) is 0 Å². The molecule has 184 valence electrons. The van der Waals surface area contributed by atoms with E-state index in [9.17, 15) is 4.79 Å². The largest absolute Gasteiger partial charge is 0.462 e. The summed E-state index contributed by atoms with van der Waals surface area (Å²) in [4.78, 5) is 18.8. The molecule has 1 aromatic heterocycles. The van der Waals surface area contributed by atoms with Crippen LogP contribution < -0.4 is 10.2 Å². The van der Waals surface area contributed by atoms with Crippen molar-refractivity contribution < 1.29 is 9.53 Å². The van der Waals surface area contributed by atoms with Gasteiger partial charge in [0.1, 0.15) is 0 Å². The van der Waals surface area contributed by atoms with Crippen molar-refractivity contribution in [3.8, 4) is 0 Å². The van der Waals surface area contributed by atoms with Crippen LogP contribution in [-0.4, -0.2) is 24.1 Å². The summed E-state index contributed by atoms with van der Waals surface area (Å²) in [5.41, 5.74) is 7.02. The van der Waals surface area contributed by atoms with Crippen LogP contribution in [0.5, 0.6) is 0 Å². The molecule has 0 spiro atoms. The van der Waals surface area contributed by atoms with Crippen molar-refractivity contribution in [2.45, 2.75) is 39.3 Å². The maximum absolute atomic E-state index is 12.8. The lowest BCUT2D eigenvalue weighted by Crippen LogP contribution is -2.29. The molecule has 0 fully saturated rings. The summed E-state index contributed by atoms with van der Waals surface area (Å²) in [5.74, 6) is -0.314. The van der Waals surface area contributed by atoms with Crippen molar-refractivity contribution in [1.29, 1.82) is 0 Å². The number of anilines is 1. The van der Waals surface area contributed by atoms with Gasteiger partial charge in [0.15, 0.2) is 0 Å². The number of esters is 1. The lowest BCUT2D eigenvalue weighted by atomic mass is 9.82. The van der Waals surface area contributed by atoms with Gasteiger partial charge in [0, 0.05) is 47.8 Å². The minimum atomic E-state index is -0.314. The molecule has 1 aliphatic heterocycles. The monoisotopic (exact) mass is 479 g/mol. The Morgan fingerprint density at radius 3 is 2.19 bits per heavy atom. The fourth-order valence-electron chi connectivity index (χ4n) is 5.07. The lowest BCUT2D eigenvalue weighted by Gasteiger charge is -2.27. The van der Waals surface area contributed by atoms with Gasteiger partial charge in [-0.05, 0) is 41.8 Å². The Balaban J connectivity index is 1.61. The second kappa shape index (κ2) is 9.94. The SMILES string of the molecule is CCOC(=O)C1=CNCC(C)(C)c2c1[nH]c1ccc(N(Cc3ccccc3)Cc3ccccc3)cc21. The van der Waals surface area contributed by atoms with Crippen molar-refractivity contribution in [1.82, 2.24) is 10.3 Å². The number of aromatic nitrogens is 1. The lowest BCUT2D eigenvalue weighted by molar-refractivity contribution is -0.136. The van der Waals surface area contributed by atoms with Gasteiger partial charge in [-0.1, -0.05) is 74.5 Å².